The van der Waals surface area contributed by atoms with Crippen molar-refractivity contribution >= 4 is 40.4 Å². The molecule has 0 aliphatic heterocycles. The molecule has 1 atom stereocenters. The lowest BCUT2D eigenvalue weighted by Crippen LogP contribution is -2.31. The van der Waals surface area contributed by atoms with Crippen LogP contribution in [0.3, 0.4) is 0 Å². The van der Waals surface area contributed by atoms with Gasteiger partial charge < -0.3 is 29.6 Å². The van der Waals surface area contributed by atoms with Crippen LogP contribution in [-0.2, 0) is 20.7 Å². The van der Waals surface area contributed by atoms with Crippen LogP contribution >= 0.6 is 0 Å². The SMILES string of the molecule is C=CC[C@H](COc1cccc(NC(=O)Cc2ccc3nc(Nc4ccccc4)oc3c2)c1)COC(C)(C)CC(=O)O. The molecule has 3 aromatic carbocycles. The number of carbonyl (C=O) groups is 2. The monoisotopic (exact) mass is 557 g/mol. The van der Waals surface area contributed by atoms with E-state index in [2.05, 4.69) is 22.2 Å². The summed E-state index contributed by atoms with van der Waals surface area (Å²) in [5, 5.41) is 15.1. The number of rotatable bonds is 15. The maximum atomic E-state index is 12.8. The zero-order chi connectivity index (χ0) is 29.2. The van der Waals surface area contributed by atoms with E-state index in [1.165, 1.54) is 0 Å². The first kappa shape index (κ1) is 29.4. The Bertz CT molecular complexity index is 1480. The number of carboxylic acids is 1. The third-order valence-electron chi connectivity index (χ3n) is 6.23. The molecular formula is C32H35N3O6. The van der Waals surface area contributed by atoms with E-state index >= 15 is 0 Å². The van der Waals surface area contributed by atoms with Gasteiger partial charge in [0.05, 0.1) is 31.7 Å². The van der Waals surface area contributed by atoms with Crippen molar-refractivity contribution in [1.29, 1.82) is 0 Å². The summed E-state index contributed by atoms with van der Waals surface area (Å²) in [5.74, 6) is -0.493. The molecule has 9 heteroatoms. The van der Waals surface area contributed by atoms with Crippen LogP contribution in [0.4, 0.5) is 17.4 Å². The average Bonchev–Trinajstić information content (AvgIpc) is 3.31. The number of fused-ring (bicyclic) bond motifs is 1. The lowest BCUT2D eigenvalue weighted by atomic mass is 10.0. The predicted molar refractivity (Wildman–Crippen MR) is 159 cm³/mol. The van der Waals surface area contributed by atoms with Gasteiger partial charge in [0.2, 0.25) is 5.91 Å². The molecule has 9 nitrogen and oxygen atoms in total. The molecule has 4 rings (SSSR count). The Kier molecular flexibility index (Phi) is 9.76. The molecule has 1 heterocycles. The zero-order valence-corrected chi connectivity index (χ0v) is 23.3. The number of hydrogen-bond acceptors (Lipinski definition) is 7. The van der Waals surface area contributed by atoms with E-state index in [-0.39, 0.29) is 24.7 Å². The number of para-hydroxylation sites is 1. The van der Waals surface area contributed by atoms with Gasteiger partial charge in [-0.25, -0.2) is 0 Å². The Balaban J connectivity index is 1.31. The Morgan fingerprint density at radius 2 is 1.83 bits per heavy atom. The van der Waals surface area contributed by atoms with Crippen molar-refractivity contribution in [2.75, 3.05) is 23.8 Å². The summed E-state index contributed by atoms with van der Waals surface area (Å²) in [4.78, 5) is 28.3. The molecule has 0 radical (unpaired) electrons. The highest BCUT2D eigenvalue weighted by Crippen LogP contribution is 2.24. The summed E-state index contributed by atoms with van der Waals surface area (Å²) in [6.07, 6.45) is 2.51. The van der Waals surface area contributed by atoms with Gasteiger partial charge >= 0.3 is 5.97 Å². The molecule has 0 aliphatic rings. The molecule has 0 bridgehead atoms. The summed E-state index contributed by atoms with van der Waals surface area (Å²) < 4.78 is 17.7. The van der Waals surface area contributed by atoms with E-state index in [0.29, 0.717) is 48.2 Å². The summed E-state index contributed by atoms with van der Waals surface area (Å²) in [6.45, 7) is 7.99. The summed E-state index contributed by atoms with van der Waals surface area (Å²) in [5.41, 5.74) is 2.78. The van der Waals surface area contributed by atoms with Crippen molar-refractivity contribution in [3.63, 3.8) is 0 Å². The topological polar surface area (TPSA) is 123 Å². The Morgan fingerprint density at radius 3 is 2.59 bits per heavy atom. The summed E-state index contributed by atoms with van der Waals surface area (Å²) in [6, 6.07) is 22.7. The molecule has 4 aromatic rings. The molecule has 0 saturated carbocycles. The molecule has 214 valence electrons. The van der Waals surface area contributed by atoms with Gasteiger partial charge in [0.15, 0.2) is 5.58 Å². The first-order chi connectivity index (χ1) is 19.7. The Labute approximate surface area is 239 Å². The van der Waals surface area contributed by atoms with Crippen molar-refractivity contribution in [1.82, 2.24) is 4.98 Å². The van der Waals surface area contributed by atoms with Gasteiger partial charge in [-0.3, -0.25) is 9.59 Å². The third-order valence-corrected chi connectivity index (χ3v) is 6.23. The quantitative estimate of drug-likeness (QED) is 0.140. The first-order valence-electron chi connectivity index (χ1n) is 13.4. The molecule has 0 fully saturated rings. The largest absolute Gasteiger partial charge is 0.493 e. The fourth-order valence-corrected chi connectivity index (χ4v) is 4.22. The van der Waals surface area contributed by atoms with Crippen molar-refractivity contribution in [3.05, 3.63) is 91.0 Å². The number of carboxylic acid groups (broad SMARTS) is 1. The lowest BCUT2D eigenvalue weighted by molar-refractivity contribution is -0.144. The second-order valence-corrected chi connectivity index (χ2v) is 10.4. The minimum absolute atomic E-state index is 0.00627. The van der Waals surface area contributed by atoms with E-state index in [1.54, 1.807) is 32.1 Å². The number of ether oxygens (including phenoxy) is 2. The van der Waals surface area contributed by atoms with Crippen molar-refractivity contribution in [3.8, 4) is 5.75 Å². The number of aromatic nitrogens is 1. The number of aliphatic carboxylic acids is 1. The Hall–Kier alpha value is -4.63. The number of oxazole rings is 1. The zero-order valence-electron chi connectivity index (χ0n) is 23.3. The number of allylic oxidation sites excluding steroid dienone is 1. The summed E-state index contributed by atoms with van der Waals surface area (Å²) in [7, 11) is 0. The lowest BCUT2D eigenvalue weighted by Gasteiger charge is -2.26. The van der Waals surface area contributed by atoms with Gasteiger partial charge in [0.25, 0.3) is 6.01 Å². The minimum Gasteiger partial charge on any atom is -0.493 e. The van der Waals surface area contributed by atoms with Crippen LogP contribution in [0.5, 0.6) is 5.75 Å². The second-order valence-electron chi connectivity index (χ2n) is 10.4. The molecular weight excluding hydrogens is 522 g/mol. The minimum atomic E-state index is -0.908. The van der Waals surface area contributed by atoms with Gasteiger partial charge in [-0.05, 0) is 62.2 Å². The van der Waals surface area contributed by atoms with E-state index in [9.17, 15) is 9.59 Å². The molecule has 1 amide bonds. The normalized spacial score (nSPS) is 12.0. The van der Waals surface area contributed by atoms with Gasteiger partial charge in [-0.15, -0.1) is 6.58 Å². The van der Waals surface area contributed by atoms with Crippen molar-refractivity contribution in [2.24, 2.45) is 5.92 Å². The molecule has 41 heavy (non-hydrogen) atoms. The smallest absolute Gasteiger partial charge is 0.306 e. The van der Waals surface area contributed by atoms with E-state index in [4.69, 9.17) is 19.0 Å². The standard InChI is InChI=1S/C32H35N3O6/c1-4-9-23(21-40-32(2,3)19-30(37)38)20-39-26-13-8-12-25(18-26)33-29(36)17-22-14-15-27-28(16-22)41-31(35-27)34-24-10-6-5-7-11-24/h4-8,10-16,18,23H,1,9,17,19-21H2,2-3H3,(H,33,36)(H,34,35)(H,37,38)/t23-/m1/s1. The average molecular weight is 558 g/mol. The fourth-order valence-electron chi connectivity index (χ4n) is 4.22. The van der Waals surface area contributed by atoms with Gasteiger partial charge in [0, 0.05) is 23.4 Å². The number of hydrogen-bond donors (Lipinski definition) is 3. The van der Waals surface area contributed by atoms with Gasteiger partial charge in [-0.2, -0.15) is 4.98 Å². The molecule has 1 aromatic heterocycles. The molecule has 0 unspecified atom stereocenters. The van der Waals surface area contributed by atoms with Crippen LogP contribution in [0.2, 0.25) is 0 Å². The van der Waals surface area contributed by atoms with Crippen LogP contribution in [0.25, 0.3) is 11.1 Å². The maximum Gasteiger partial charge on any atom is 0.306 e. The van der Waals surface area contributed by atoms with Crippen molar-refractivity contribution in [2.45, 2.75) is 38.7 Å². The predicted octanol–water partition coefficient (Wildman–Crippen LogP) is 6.59. The number of nitrogens with zero attached hydrogens (tertiary/aromatic N) is 1. The Morgan fingerprint density at radius 1 is 1.05 bits per heavy atom. The molecule has 0 aliphatic carbocycles. The first-order valence-corrected chi connectivity index (χ1v) is 13.4. The number of nitrogens with one attached hydrogen (secondary N) is 2. The van der Waals surface area contributed by atoms with E-state index in [1.807, 2.05) is 60.7 Å². The van der Waals surface area contributed by atoms with E-state index in [0.717, 1.165) is 11.3 Å². The van der Waals surface area contributed by atoms with Crippen LogP contribution < -0.4 is 15.4 Å². The van der Waals surface area contributed by atoms with Gasteiger partial charge in [-0.1, -0.05) is 36.4 Å². The fraction of sp³-hybridized carbons (Fsp3) is 0.281. The molecule has 0 saturated heterocycles. The molecule has 3 N–H and O–H groups in total. The van der Waals surface area contributed by atoms with Crippen LogP contribution in [-0.4, -0.2) is 40.8 Å². The number of anilines is 3. The molecule has 0 spiro atoms. The van der Waals surface area contributed by atoms with Crippen molar-refractivity contribution < 1.29 is 28.6 Å². The number of amides is 1. The highest BCUT2D eigenvalue weighted by molar-refractivity contribution is 5.93. The highest BCUT2D eigenvalue weighted by Gasteiger charge is 2.24. The third kappa shape index (κ3) is 9.22. The maximum absolute atomic E-state index is 12.8. The highest BCUT2D eigenvalue weighted by atomic mass is 16.5. The van der Waals surface area contributed by atoms with Crippen LogP contribution in [0, 0.1) is 5.92 Å². The number of carbonyl (C=O) groups excluding carboxylic acids is 1. The van der Waals surface area contributed by atoms with E-state index < -0.39 is 11.6 Å². The van der Waals surface area contributed by atoms with Crippen LogP contribution in [0.15, 0.2) is 89.9 Å². The van der Waals surface area contributed by atoms with Crippen LogP contribution in [0.1, 0.15) is 32.3 Å². The second kappa shape index (κ2) is 13.6. The summed E-state index contributed by atoms with van der Waals surface area (Å²) >= 11 is 0. The van der Waals surface area contributed by atoms with Gasteiger partial charge in [0.1, 0.15) is 11.3 Å². The number of benzene rings is 3.